The molecule has 3 nitrogen and oxygen atoms in total. The molecule has 4 heteroatoms. The molecule has 0 amide bonds. The molecule has 0 saturated heterocycles. The van der Waals surface area contributed by atoms with Crippen molar-refractivity contribution in [3.63, 3.8) is 0 Å². The number of ether oxygens (including phenoxy) is 1. The van der Waals surface area contributed by atoms with Gasteiger partial charge in [0.15, 0.2) is 0 Å². The van der Waals surface area contributed by atoms with Crippen molar-refractivity contribution in [3.8, 4) is 11.5 Å². The predicted molar refractivity (Wildman–Crippen MR) is 119 cm³/mol. The number of benzene rings is 4. The first-order valence-electron chi connectivity index (χ1n) is 9.29. The highest BCUT2D eigenvalue weighted by atomic mass is 35.5. The third-order valence-electron chi connectivity index (χ3n) is 4.90. The van der Waals surface area contributed by atoms with Crippen LogP contribution in [0, 0.1) is 0 Å². The number of phenolic OH excluding ortho intramolecular Hbond substituents is 1. The number of halogens is 1. The predicted octanol–water partition coefficient (Wildman–Crippen LogP) is 6.42. The molecule has 0 aliphatic carbocycles. The molecule has 0 aliphatic heterocycles. The number of hydrogen-bond acceptors (Lipinski definition) is 3. The van der Waals surface area contributed by atoms with Gasteiger partial charge in [-0.25, -0.2) is 0 Å². The Bertz CT molecular complexity index is 1150. The molecule has 0 fully saturated rings. The van der Waals surface area contributed by atoms with E-state index in [-0.39, 0.29) is 11.8 Å². The topological polar surface area (TPSA) is 41.8 Å². The van der Waals surface area contributed by atoms with Crippen LogP contribution in [-0.4, -0.2) is 18.4 Å². The summed E-state index contributed by atoms with van der Waals surface area (Å²) in [5.41, 5.74) is 2.64. The van der Waals surface area contributed by atoms with E-state index >= 15 is 0 Å². The number of fused-ring (bicyclic) bond motifs is 1. The summed E-state index contributed by atoms with van der Waals surface area (Å²) < 4.78 is 5.21. The SMILES string of the molecule is COc1ccc(C=NC(c2ccc(Cl)cc2)c2ccc3ccccc3c2O)cc1. The second-order valence-corrected chi connectivity index (χ2v) is 7.17. The maximum atomic E-state index is 11.0. The molecule has 4 rings (SSSR count). The number of aliphatic imine (C=N–C) groups is 1. The van der Waals surface area contributed by atoms with Gasteiger partial charge in [-0.3, -0.25) is 4.99 Å². The highest BCUT2D eigenvalue weighted by Crippen LogP contribution is 2.37. The van der Waals surface area contributed by atoms with Gasteiger partial charge < -0.3 is 9.84 Å². The summed E-state index contributed by atoms with van der Waals surface area (Å²) in [7, 11) is 1.64. The molecular weight excluding hydrogens is 382 g/mol. The fraction of sp³-hybridized carbons (Fsp3) is 0.0800. The van der Waals surface area contributed by atoms with Crippen LogP contribution in [-0.2, 0) is 0 Å². The van der Waals surface area contributed by atoms with Gasteiger partial charge in [-0.2, -0.15) is 0 Å². The zero-order valence-corrected chi connectivity index (χ0v) is 16.7. The van der Waals surface area contributed by atoms with Crippen molar-refractivity contribution in [2.45, 2.75) is 6.04 Å². The molecule has 4 aromatic rings. The number of hydrogen-bond donors (Lipinski definition) is 1. The highest BCUT2D eigenvalue weighted by molar-refractivity contribution is 6.30. The maximum Gasteiger partial charge on any atom is 0.129 e. The number of methoxy groups -OCH3 is 1. The van der Waals surface area contributed by atoms with E-state index in [1.54, 1.807) is 7.11 Å². The summed E-state index contributed by atoms with van der Waals surface area (Å²) in [5.74, 6) is 1.04. The van der Waals surface area contributed by atoms with Crippen LogP contribution in [0.2, 0.25) is 5.02 Å². The molecule has 0 heterocycles. The standard InChI is InChI=1S/C25H20ClNO2/c1-29-21-13-6-17(7-14-21)16-27-24(19-8-11-20(26)12-9-19)23-15-10-18-4-2-3-5-22(18)25(23)28/h2-16,24,28H,1H3. The molecule has 1 unspecified atom stereocenters. The fourth-order valence-electron chi connectivity index (χ4n) is 3.33. The molecule has 0 bridgehead atoms. The van der Waals surface area contributed by atoms with Crippen LogP contribution in [0.15, 0.2) is 89.9 Å². The quantitative estimate of drug-likeness (QED) is 0.392. The van der Waals surface area contributed by atoms with Gasteiger partial charge in [0.05, 0.1) is 7.11 Å². The van der Waals surface area contributed by atoms with Crippen molar-refractivity contribution in [3.05, 3.63) is 107 Å². The van der Waals surface area contributed by atoms with Gasteiger partial charge in [-0.1, -0.05) is 60.1 Å². The van der Waals surface area contributed by atoms with Gasteiger partial charge in [0.1, 0.15) is 17.5 Å². The Hall–Kier alpha value is -3.30. The zero-order chi connectivity index (χ0) is 20.2. The third-order valence-corrected chi connectivity index (χ3v) is 5.15. The number of aromatic hydroxyl groups is 1. The summed E-state index contributed by atoms with van der Waals surface area (Å²) in [5, 5.41) is 13.4. The number of rotatable bonds is 5. The minimum atomic E-state index is -0.362. The van der Waals surface area contributed by atoms with Crippen LogP contribution in [0.4, 0.5) is 0 Å². The molecule has 29 heavy (non-hydrogen) atoms. The molecule has 0 aliphatic rings. The van der Waals surface area contributed by atoms with Crippen molar-refractivity contribution < 1.29 is 9.84 Å². The Morgan fingerprint density at radius 2 is 1.62 bits per heavy atom. The molecule has 1 atom stereocenters. The lowest BCUT2D eigenvalue weighted by Gasteiger charge is -2.17. The van der Waals surface area contributed by atoms with Gasteiger partial charge in [-0.05, 0) is 52.9 Å². The first-order chi connectivity index (χ1) is 14.2. The molecule has 0 aromatic heterocycles. The highest BCUT2D eigenvalue weighted by Gasteiger charge is 2.18. The van der Waals surface area contributed by atoms with Gasteiger partial charge in [-0.15, -0.1) is 0 Å². The Labute approximate surface area is 174 Å². The minimum absolute atomic E-state index is 0.245. The van der Waals surface area contributed by atoms with Crippen molar-refractivity contribution >= 4 is 28.6 Å². The fourth-order valence-corrected chi connectivity index (χ4v) is 3.46. The summed E-state index contributed by atoms with van der Waals surface area (Å²) in [4.78, 5) is 4.82. The van der Waals surface area contributed by atoms with E-state index in [2.05, 4.69) is 0 Å². The molecule has 0 radical (unpaired) electrons. The van der Waals surface area contributed by atoms with E-state index in [0.29, 0.717) is 5.02 Å². The lowest BCUT2D eigenvalue weighted by molar-refractivity contribution is 0.415. The largest absolute Gasteiger partial charge is 0.507 e. The Morgan fingerprint density at radius 3 is 2.34 bits per heavy atom. The van der Waals surface area contributed by atoms with Gasteiger partial charge in [0.25, 0.3) is 0 Å². The smallest absolute Gasteiger partial charge is 0.129 e. The van der Waals surface area contributed by atoms with Crippen molar-refractivity contribution in [1.29, 1.82) is 0 Å². The van der Waals surface area contributed by atoms with Crippen molar-refractivity contribution in [1.82, 2.24) is 0 Å². The third kappa shape index (κ3) is 4.10. The second kappa shape index (κ2) is 8.38. The number of phenols is 1. The lowest BCUT2D eigenvalue weighted by atomic mass is 9.95. The van der Waals surface area contributed by atoms with Crippen LogP contribution < -0.4 is 4.74 Å². The first kappa shape index (κ1) is 19.0. The van der Waals surface area contributed by atoms with E-state index in [1.807, 2.05) is 91.1 Å². The van der Waals surface area contributed by atoms with Gasteiger partial charge in [0.2, 0.25) is 0 Å². The molecule has 144 valence electrons. The van der Waals surface area contributed by atoms with Crippen molar-refractivity contribution in [2.24, 2.45) is 4.99 Å². The van der Waals surface area contributed by atoms with E-state index in [1.165, 1.54) is 0 Å². The summed E-state index contributed by atoms with van der Waals surface area (Å²) in [6.45, 7) is 0. The van der Waals surface area contributed by atoms with Crippen LogP contribution in [0.3, 0.4) is 0 Å². The first-order valence-corrected chi connectivity index (χ1v) is 9.67. The Balaban J connectivity index is 1.79. The van der Waals surface area contributed by atoms with E-state index in [4.69, 9.17) is 21.3 Å². The molecular formula is C25H20ClNO2. The average molecular weight is 402 g/mol. The van der Waals surface area contributed by atoms with Crippen LogP contribution >= 0.6 is 11.6 Å². The van der Waals surface area contributed by atoms with Crippen LogP contribution in [0.5, 0.6) is 11.5 Å². The monoisotopic (exact) mass is 401 g/mol. The summed E-state index contributed by atoms with van der Waals surface area (Å²) in [6, 6.07) is 26.6. The molecule has 1 N–H and O–H groups in total. The van der Waals surface area contributed by atoms with E-state index < -0.39 is 0 Å². The second-order valence-electron chi connectivity index (χ2n) is 6.73. The molecule has 0 saturated carbocycles. The Kier molecular flexibility index (Phi) is 5.50. The summed E-state index contributed by atoms with van der Waals surface area (Å²) >= 11 is 6.07. The molecule has 0 spiro atoms. The van der Waals surface area contributed by atoms with E-state index in [0.717, 1.165) is 33.2 Å². The minimum Gasteiger partial charge on any atom is -0.507 e. The van der Waals surface area contributed by atoms with Crippen LogP contribution in [0.1, 0.15) is 22.7 Å². The summed E-state index contributed by atoms with van der Waals surface area (Å²) in [6.07, 6.45) is 1.81. The normalized spacial score (nSPS) is 12.3. The van der Waals surface area contributed by atoms with Gasteiger partial charge in [0, 0.05) is 22.2 Å². The van der Waals surface area contributed by atoms with Crippen molar-refractivity contribution in [2.75, 3.05) is 7.11 Å². The van der Waals surface area contributed by atoms with Gasteiger partial charge >= 0.3 is 0 Å². The van der Waals surface area contributed by atoms with Crippen LogP contribution in [0.25, 0.3) is 10.8 Å². The molecule has 4 aromatic carbocycles. The maximum absolute atomic E-state index is 11.0. The average Bonchev–Trinajstić information content (AvgIpc) is 2.77. The lowest BCUT2D eigenvalue weighted by Crippen LogP contribution is -2.00. The van der Waals surface area contributed by atoms with E-state index in [9.17, 15) is 5.11 Å². The number of nitrogens with zero attached hydrogens (tertiary/aromatic N) is 1. The zero-order valence-electron chi connectivity index (χ0n) is 15.9. The Morgan fingerprint density at radius 1 is 0.897 bits per heavy atom.